The Bertz CT molecular complexity index is 492. The van der Waals surface area contributed by atoms with Crippen molar-refractivity contribution in [2.45, 2.75) is 19.3 Å². The van der Waals surface area contributed by atoms with Gasteiger partial charge in [0.25, 0.3) is 0 Å². The minimum Gasteiger partial charge on any atom is -0.481 e. The maximum absolute atomic E-state index is 12.3. The first-order chi connectivity index (χ1) is 7.65. The molecule has 3 nitrogen and oxygen atoms in total. The molecule has 0 radical (unpaired) electrons. The van der Waals surface area contributed by atoms with E-state index < -0.39 is 17.3 Å². The van der Waals surface area contributed by atoms with Crippen LogP contribution in [0.4, 0.5) is 0 Å². The number of aliphatic carboxylic acids is 1. The van der Waals surface area contributed by atoms with Crippen molar-refractivity contribution < 1.29 is 14.7 Å². The number of aryl methyl sites for hydroxylation is 1. The molecule has 0 saturated heterocycles. The molecule has 0 unspecified atom stereocenters. The van der Waals surface area contributed by atoms with Crippen molar-refractivity contribution in [1.82, 2.24) is 0 Å². The van der Waals surface area contributed by atoms with E-state index in [1.54, 1.807) is 0 Å². The van der Waals surface area contributed by atoms with Crippen molar-refractivity contribution in [1.29, 1.82) is 0 Å². The van der Waals surface area contributed by atoms with Gasteiger partial charge in [0, 0.05) is 11.0 Å². The number of carboxylic acid groups (broad SMARTS) is 1. The summed E-state index contributed by atoms with van der Waals surface area (Å²) in [6.07, 6.45) is 2.04. The lowest BCUT2D eigenvalue weighted by atomic mass is 9.79. The smallest absolute Gasteiger partial charge is 0.307 e. The van der Waals surface area contributed by atoms with Gasteiger partial charge in [0.05, 0.1) is 5.92 Å². The van der Waals surface area contributed by atoms with Crippen molar-refractivity contribution in [3.05, 3.63) is 35.4 Å². The molecule has 1 spiro atoms. The van der Waals surface area contributed by atoms with Crippen LogP contribution < -0.4 is 0 Å². The molecule has 82 valence electrons. The highest BCUT2D eigenvalue weighted by Gasteiger charge is 2.64. The Morgan fingerprint density at radius 3 is 2.81 bits per heavy atom. The second kappa shape index (κ2) is 2.94. The average Bonchev–Trinajstić information content (AvgIpc) is 3.01. The van der Waals surface area contributed by atoms with E-state index >= 15 is 0 Å². The van der Waals surface area contributed by atoms with Gasteiger partial charge in [-0.2, -0.15) is 0 Å². The van der Waals surface area contributed by atoms with E-state index in [0.29, 0.717) is 12.8 Å². The summed E-state index contributed by atoms with van der Waals surface area (Å²) in [5, 5.41) is 8.98. The molecular weight excluding hydrogens is 204 g/mol. The number of ketones is 1. The number of fused-ring (bicyclic) bond motifs is 1. The number of carboxylic acids is 1. The van der Waals surface area contributed by atoms with Gasteiger partial charge in [0.1, 0.15) is 0 Å². The fourth-order valence-corrected chi connectivity index (χ4v) is 2.86. The lowest BCUT2D eigenvalue weighted by molar-refractivity contribution is -0.139. The summed E-state index contributed by atoms with van der Waals surface area (Å²) in [5.41, 5.74) is 1.23. The zero-order valence-corrected chi connectivity index (χ0v) is 8.77. The van der Waals surface area contributed by atoms with Gasteiger partial charge in [-0.05, 0) is 24.8 Å². The Morgan fingerprint density at radius 1 is 1.38 bits per heavy atom. The Hall–Kier alpha value is -1.64. The van der Waals surface area contributed by atoms with Gasteiger partial charge < -0.3 is 5.11 Å². The average molecular weight is 216 g/mol. The van der Waals surface area contributed by atoms with Crippen LogP contribution in [0.25, 0.3) is 0 Å². The molecule has 2 aliphatic rings. The van der Waals surface area contributed by atoms with Crippen molar-refractivity contribution in [2.75, 3.05) is 0 Å². The topological polar surface area (TPSA) is 54.4 Å². The summed E-state index contributed by atoms with van der Waals surface area (Å²) in [7, 11) is 0. The van der Waals surface area contributed by atoms with Crippen LogP contribution in [0.3, 0.4) is 0 Å². The van der Waals surface area contributed by atoms with Crippen LogP contribution in [0.2, 0.25) is 0 Å². The Balaban J connectivity index is 2.00. The van der Waals surface area contributed by atoms with Crippen LogP contribution in [-0.2, 0) is 11.2 Å². The van der Waals surface area contributed by atoms with Gasteiger partial charge in [0.2, 0.25) is 0 Å². The maximum atomic E-state index is 12.3. The van der Waals surface area contributed by atoms with Gasteiger partial charge >= 0.3 is 5.97 Å². The summed E-state index contributed by atoms with van der Waals surface area (Å²) in [6.45, 7) is 0. The van der Waals surface area contributed by atoms with Crippen molar-refractivity contribution in [2.24, 2.45) is 11.3 Å². The number of Topliss-reactive ketones (excluding diaryl/α,β-unsaturated/α-hetero) is 1. The van der Waals surface area contributed by atoms with Gasteiger partial charge in [0.15, 0.2) is 5.78 Å². The number of rotatable bonds is 1. The van der Waals surface area contributed by atoms with E-state index in [0.717, 1.165) is 17.5 Å². The Labute approximate surface area is 93.1 Å². The molecule has 0 bridgehead atoms. The van der Waals surface area contributed by atoms with E-state index in [4.69, 9.17) is 5.11 Å². The monoisotopic (exact) mass is 216 g/mol. The summed E-state index contributed by atoms with van der Waals surface area (Å²) < 4.78 is 0. The zero-order valence-electron chi connectivity index (χ0n) is 8.77. The molecule has 0 heterocycles. The zero-order chi connectivity index (χ0) is 11.3. The minimum atomic E-state index is -0.826. The third-order valence-electron chi connectivity index (χ3n) is 3.93. The van der Waals surface area contributed by atoms with Crippen LogP contribution in [0.1, 0.15) is 28.8 Å². The molecule has 1 N–H and O–H groups in total. The molecule has 1 aromatic carbocycles. The SMILES string of the molecule is O=C(O)[C@@H]1C[C@]12CCc1ccccc1C2=O. The summed E-state index contributed by atoms with van der Waals surface area (Å²) >= 11 is 0. The summed E-state index contributed by atoms with van der Waals surface area (Å²) in [4.78, 5) is 23.2. The second-order valence-corrected chi connectivity index (χ2v) is 4.74. The van der Waals surface area contributed by atoms with E-state index in [9.17, 15) is 9.59 Å². The van der Waals surface area contributed by atoms with Gasteiger partial charge in [-0.1, -0.05) is 24.3 Å². The van der Waals surface area contributed by atoms with Gasteiger partial charge in [-0.25, -0.2) is 0 Å². The highest BCUT2D eigenvalue weighted by Crippen LogP contribution is 2.59. The normalized spacial score (nSPS) is 31.2. The van der Waals surface area contributed by atoms with Crippen LogP contribution >= 0.6 is 0 Å². The quantitative estimate of drug-likeness (QED) is 0.780. The fourth-order valence-electron chi connectivity index (χ4n) is 2.86. The van der Waals surface area contributed by atoms with E-state index in [2.05, 4.69) is 0 Å². The van der Waals surface area contributed by atoms with E-state index in [1.165, 1.54) is 0 Å². The van der Waals surface area contributed by atoms with Crippen LogP contribution in [0.5, 0.6) is 0 Å². The largest absolute Gasteiger partial charge is 0.481 e. The lowest BCUT2D eigenvalue weighted by Crippen LogP contribution is -2.27. The number of hydrogen-bond acceptors (Lipinski definition) is 2. The molecule has 2 aliphatic carbocycles. The van der Waals surface area contributed by atoms with Crippen molar-refractivity contribution in [3.63, 3.8) is 0 Å². The first kappa shape index (κ1) is 9.58. The van der Waals surface area contributed by atoms with Crippen molar-refractivity contribution in [3.8, 4) is 0 Å². The molecule has 1 aromatic rings. The number of carbonyl (C=O) groups is 2. The Morgan fingerprint density at radius 2 is 2.12 bits per heavy atom. The van der Waals surface area contributed by atoms with Crippen LogP contribution in [-0.4, -0.2) is 16.9 Å². The standard InChI is InChI=1S/C13H12O3/c14-11-9-4-2-1-3-8(9)5-6-13(11)7-10(13)12(15)16/h1-4,10H,5-7H2,(H,15,16)/t10-,13+/m0/s1. The van der Waals surface area contributed by atoms with Gasteiger partial charge in [-0.3, -0.25) is 9.59 Å². The molecule has 1 fully saturated rings. The predicted octanol–water partition coefficient (Wildman–Crippen LogP) is 1.91. The minimum absolute atomic E-state index is 0.0433. The molecule has 0 aromatic heterocycles. The van der Waals surface area contributed by atoms with Crippen molar-refractivity contribution >= 4 is 11.8 Å². The third kappa shape index (κ3) is 1.08. The highest BCUT2D eigenvalue weighted by molar-refractivity contribution is 6.07. The summed E-state index contributed by atoms with van der Waals surface area (Å²) in [6, 6.07) is 7.54. The molecule has 2 atom stereocenters. The molecule has 0 amide bonds. The van der Waals surface area contributed by atoms with E-state index in [-0.39, 0.29) is 5.78 Å². The second-order valence-electron chi connectivity index (χ2n) is 4.74. The van der Waals surface area contributed by atoms with E-state index in [1.807, 2.05) is 24.3 Å². The molecule has 3 rings (SSSR count). The predicted molar refractivity (Wildman–Crippen MR) is 57.3 cm³/mol. The van der Waals surface area contributed by atoms with Gasteiger partial charge in [-0.15, -0.1) is 0 Å². The van der Waals surface area contributed by atoms with Crippen LogP contribution in [0.15, 0.2) is 24.3 Å². The number of hydrogen-bond donors (Lipinski definition) is 1. The molecule has 3 heteroatoms. The number of carbonyl (C=O) groups excluding carboxylic acids is 1. The lowest BCUT2D eigenvalue weighted by Gasteiger charge is -2.23. The fraction of sp³-hybridized carbons (Fsp3) is 0.385. The summed E-state index contributed by atoms with van der Waals surface area (Å²) in [5.74, 6) is -1.23. The number of benzene rings is 1. The first-order valence-electron chi connectivity index (χ1n) is 5.51. The molecule has 1 saturated carbocycles. The Kier molecular flexibility index (Phi) is 1.76. The highest BCUT2D eigenvalue weighted by atomic mass is 16.4. The molecule has 16 heavy (non-hydrogen) atoms. The maximum Gasteiger partial charge on any atom is 0.307 e. The van der Waals surface area contributed by atoms with Crippen LogP contribution in [0, 0.1) is 11.3 Å². The molecule has 0 aliphatic heterocycles. The first-order valence-corrected chi connectivity index (χ1v) is 5.51. The molecular formula is C13H12O3. The third-order valence-corrected chi connectivity index (χ3v) is 3.93.